The Labute approximate surface area is 163 Å². The number of anilines is 1. The fraction of sp³-hybridized carbons (Fsp3) is 0.333. The highest BCUT2D eigenvalue weighted by Gasteiger charge is 2.52. The number of nitrogens with one attached hydrogen (secondary N) is 1. The molecule has 2 aliphatic rings. The molecular formula is C21H22N2O5. The molecule has 1 atom stereocenters. The minimum absolute atomic E-state index is 0.0762. The predicted octanol–water partition coefficient (Wildman–Crippen LogP) is 2.45. The molecule has 0 saturated carbocycles. The molecule has 0 bridgehead atoms. The summed E-state index contributed by atoms with van der Waals surface area (Å²) in [7, 11) is 4.67. The molecule has 7 heteroatoms. The van der Waals surface area contributed by atoms with Gasteiger partial charge in [-0.1, -0.05) is 0 Å². The average Bonchev–Trinajstić information content (AvgIpc) is 3.29. The molecule has 2 aromatic carbocycles. The summed E-state index contributed by atoms with van der Waals surface area (Å²) in [6.45, 7) is 0.797. The number of carbonyl (C=O) groups is 2. The number of methoxy groups -OCH3 is 3. The number of rotatable bonds is 4. The maximum absolute atomic E-state index is 13.2. The SMILES string of the molecule is COc1ccc(C(=O)N2CCC3(C2)C(=O)Nc2ccc(OC)cc23)c(OC)c1. The van der Waals surface area contributed by atoms with Crippen LogP contribution in [0.1, 0.15) is 22.3 Å². The van der Waals surface area contributed by atoms with Crippen LogP contribution < -0.4 is 19.5 Å². The summed E-state index contributed by atoms with van der Waals surface area (Å²) < 4.78 is 15.9. The summed E-state index contributed by atoms with van der Waals surface area (Å²) in [5.74, 6) is 1.51. The quantitative estimate of drug-likeness (QED) is 0.879. The van der Waals surface area contributed by atoms with Crippen LogP contribution in [0.4, 0.5) is 5.69 Å². The van der Waals surface area contributed by atoms with Crippen molar-refractivity contribution in [3.05, 3.63) is 47.5 Å². The Morgan fingerprint density at radius 1 is 1.04 bits per heavy atom. The Hall–Kier alpha value is -3.22. The van der Waals surface area contributed by atoms with Gasteiger partial charge in [0.1, 0.15) is 17.2 Å². The standard InChI is InChI=1S/C21H22N2O5/c1-26-13-5-7-17-16(10-13)21(20(25)22-17)8-9-23(12-21)19(24)15-6-4-14(27-2)11-18(15)28-3/h4-7,10-11H,8-9,12H2,1-3H3,(H,22,25). The monoisotopic (exact) mass is 382 g/mol. The van der Waals surface area contributed by atoms with Crippen molar-refractivity contribution in [1.29, 1.82) is 0 Å². The number of carbonyl (C=O) groups excluding carboxylic acids is 2. The molecule has 28 heavy (non-hydrogen) atoms. The van der Waals surface area contributed by atoms with Crippen LogP contribution in [0.25, 0.3) is 0 Å². The summed E-state index contributed by atoms with van der Waals surface area (Å²) in [5, 5.41) is 2.94. The molecule has 0 radical (unpaired) electrons. The van der Waals surface area contributed by atoms with Crippen molar-refractivity contribution >= 4 is 17.5 Å². The molecular weight excluding hydrogens is 360 g/mol. The largest absolute Gasteiger partial charge is 0.497 e. The summed E-state index contributed by atoms with van der Waals surface area (Å²) in [6.07, 6.45) is 0.559. The molecule has 1 fully saturated rings. The summed E-state index contributed by atoms with van der Waals surface area (Å²) in [4.78, 5) is 27.7. The van der Waals surface area contributed by atoms with E-state index in [9.17, 15) is 9.59 Å². The van der Waals surface area contributed by atoms with Crippen LogP contribution >= 0.6 is 0 Å². The van der Waals surface area contributed by atoms with Gasteiger partial charge in [0.25, 0.3) is 5.91 Å². The van der Waals surface area contributed by atoms with Crippen LogP contribution in [-0.2, 0) is 10.2 Å². The first kappa shape index (κ1) is 18.2. The summed E-state index contributed by atoms with van der Waals surface area (Å²) in [5.41, 5.74) is 1.36. The van der Waals surface area contributed by atoms with Crippen LogP contribution in [0.5, 0.6) is 17.2 Å². The Balaban J connectivity index is 1.65. The lowest BCUT2D eigenvalue weighted by atomic mass is 9.81. The van der Waals surface area contributed by atoms with E-state index < -0.39 is 5.41 Å². The van der Waals surface area contributed by atoms with E-state index >= 15 is 0 Å². The Morgan fingerprint density at radius 2 is 1.75 bits per heavy atom. The second-order valence-corrected chi connectivity index (χ2v) is 6.99. The summed E-state index contributed by atoms with van der Waals surface area (Å²) in [6, 6.07) is 10.6. The van der Waals surface area contributed by atoms with Crippen molar-refractivity contribution in [3.8, 4) is 17.2 Å². The third-order valence-electron chi connectivity index (χ3n) is 5.62. The molecule has 2 aliphatic heterocycles. The van der Waals surface area contributed by atoms with Crippen molar-refractivity contribution in [2.45, 2.75) is 11.8 Å². The first-order valence-corrected chi connectivity index (χ1v) is 9.03. The van der Waals surface area contributed by atoms with Crippen molar-refractivity contribution in [1.82, 2.24) is 4.90 Å². The Kier molecular flexibility index (Phi) is 4.37. The predicted molar refractivity (Wildman–Crippen MR) is 103 cm³/mol. The smallest absolute Gasteiger partial charge is 0.257 e. The Bertz CT molecular complexity index is 958. The number of ether oxygens (including phenoxy) is 3. The van der Waals surface area contributed by atoms with E-state index in [1.54, 1.807) is 37.3 Å². The van der Waals surface area contributed by atoms with Crippen LogP contribution in [0.3, 0.4) is 0 Å². The minimum atomic E-state index is -0.751. The first-order valence-electron chi connectivity index (χ1n) is 9.03. The van der Waals surface area contributed by atoms with E-state index in [-0.39, 0.29) is 11.8 Å². The zero-order valence-electron chi connectivity index (χ0n) is 16.1. The van der Waals surface area contributed by atoms with Gasteiger partial charge in [-0.05, 0) is 42.3 Å². The van der Waals surface area contributed by atoms with Gasteiger partial charge in [0.2, 0.25) is 5.91 Å². The first-order chi connectivity index (χ1) is 13.5. The zero-order valence-corrected chi connectivity index (χ0v) is 16.1. The van der Waals surface area contributed by atoms with Crippen LogP contribution in [0, 0.1) is 0 Å². The molecule has 2 heterocycles. The van der Waals surface area contributed by atoms with E-state index in [2.05, 4.69) is 5.32 Å². The zero-order chi connectivity index (χ0) is 19.9. The fourth-order valence-electron chi connectivity index (χ4n) is 4.05. The molecule has 1 spiro atoms. The molecule has 2 amide bonds. The van der Waals surface area contributed by atoms with Crippen molar-refractivity contribution in [2.75, 3.05) is 39.7 Å². The highest BCUT2D eigenvalue weighted by Crippen LogP contribution is 2.46. The van der Waals surface area contributed by atoms with Gasteiger partial charge >= 0.3 is 0 Å². The highest BCUT2D eigenvalue weighted by atomic mass is 16.5. The number of amides is 2. The summed E-state index contributed by atoms with van der Waals surface area (Å²) >= 11 is 0. The second-order valence-electron chi connectivity index (χ2n) is 6.99. The maximum Gasteiger partial charge on any atom is 0.257 e. The Morgan fingerprint density at radius 3 is 2.46 bits per heavy atom. The van der Waals surface area contributed by atoms with Crippen molar-refractivity contribution in [2.24, 2.45) is 0 Å². The topological polar surface area (TPSA) is 77.1 Å². The molecule has 146 valence electrons. The number of likely N-dealkylation sites (tertiary alicyclic amines) is 1. The van der Waals surface area contributed by atoms with Crippen LogP contribution in [0.15, 0.2) is 36.4 Å². The number of benzene rings is 2. The van der Waals surface area contributed by atoms with Crippen LogP contribution in [0.2, 0.25) is 0 Å². The van der Waals surface area contributed by atoms with Crippen molar-refractivity contribution in [3.63, 3.8) is 0 Å². The third kappa shape index (κ3) is 2.66. The maximum atomic E-state index is 13.2. The van der Waals surface area contributed by atoms with E-state index in [0.717, 1.165) is 11.3 Å². The molecule has 4 rings (SSSR count). The highest BCUT2D eigenvalue weighted by molar-refractivity contribution is 6.08. The average molecular weight is 382 g/mol. The van der Waals surface area contributed by atoms with Gasteiger partial charge in [0.15, 0.2) is 0 Å². The van der Waals surface area contributed by atoms with E-state index in [1.165, 1.54) is 7.11 Å². The number of hydrogen-bond acceptors (Lipinski definition) is 5. The van der Waals surface area contributed by atoms with E-state index in [4.69, 9.17) is 14.2 Å². The van der Waals surface area contributed by atoms with Gasteiger partial charge in [0.05, 0.1) is 32.3 Å². The van der Waals surface area contributed by atoms with Gasteiger partial charge in [-0.3, -0.25) is 9.59 Å². The number of nitrogens with zero attached hydrogens (tertiary/aromatic N) is 1. The molecule has 7 nitrogen and oxygen atoms in total. The number of fused-ring (bicyclic) bond motifs is 2. The van der Waals surface area contributed by atoms with Gasteiger partial charge in [0, 0.05) is 24.8 Å². The van der Waals surface area contributed by atoms with Gasteiger partial charge in [-0.15, -0.1) is 0 Å². The molecule has 1 saturated heterocycles. The fourth-order valence-corrected chi connectivity index (χ4v) is 4.05. The molecule has 2 aromatic rings. The van der Waals surface area contributed by atoms with Crippen LogP contribution in [-0.4, -0.2) is 51.1 Å². The van der Waals surface area contributed by atoms with Gasteiger partial charge < -0.3 is 24.4 Å². The lowest BCUT2D eigenvalue weighted by Crippen LogP contribution is -2.39. The minimum Gasteiger partial charge on any atom is -0.497 e. The second kappa shape index (κ2) is 6.74. The molecule has 1 unspecified atom stereocenters. The van der Waals surface area contributed by atoms with Gasteiger partial charge in [-0.2, -0.15) is 0 Å². The molecule has 1 N–H and O–H groups in total. The van der Waals surface area contributed by atoms with E-state index in [1.807, 2.05) is 18.2 Å². The lowest BCUT2D eigenvalue weighted by molar-refractivity contribution is -0.120. The molecule has 0 aliphatic carbocycles. The van der Waals surface area contributed by atoms with Gasteiger partial charge in [-0.25, -0.2) is 0 Å². The normalized spacial score (nSPS) is 20.1. The molecule has 0 aromatic heterocycles. The third-order valence-corrected chi connectivity index (χ3v) is 5.62. The lowest BCUT2D eigenvalue weighted by Gasteiger charge is -2.23. The van der Waals surface area contributed by atoms with Crippen molar-refractivity contribution < 1.29 is 23.8 Å². The number of hydrogen-bond donors (Lipinski definition) is 1. The van der Waals surface area contributed by atoms with E-state index in [0.29, 0.717) is 42.3 Å².